The molecule has 0 saturated carbocycles. The van der Waals surface area contributed by atoms with Crippen molar-refractivity contribution in [3.8, 4) is 0 Å². The summed E-state index contributed by atoms with van der Waals surface area (Å²) in [6, 6.07) is 8.25. The molecule has 1 aliphatic rings. The molecule has 1 atom stereocenters. The minimum absolute atomic E-state index is 0.0821. The first-order chi connectivity index (χ1) is 7.18. The van der Waals surface area contributed by atoms with Gasteiger partial charge in [0, 0.05) is 16.7 Å². The van der Waals surface area contributed by atoms with Gasteiger partial charge in [0.05, 0.1) is 5.69 Å². The molecule has 0 aromatic heterocycles. The molecule has 1 aromatic rings. The number of hydrogen-bond acceptors (Lipinski definition) is 3. The van der Waals surface area contributed by atoms with E-state index in [1.165, 1.54) is 4.90 Å². The van der Waals surface area contributed by atoms with Crippen LogP contribution in [0.1, 0.15) is 6.92 Å². The Kier molecular flexibility index (Phi) is 2.86. The Morgan fingerprint density at radius 2 is 2.33 bits per heavy atom. The van der Waals surface area contributed by atoms with Gasteiger partial charge in [0.1, 0.15) is 6.54 Å². The SMILES string of the molecule is CC1CSc2ccccc2N1CC(=O)O. The van der Waals surface area contributed by atoms with Crippen LogP contribution in [0.4, 0.5) is 5.69 Å². The van der Waals surface area contributed by atoms with Crippen molar-refractivity contribution in [1.82, 2.24) is 0 Å². The van der Waals surface area contributed by atoms with Gasteiger partial charge in [-0.2, -0.15) is 0 Å². The molecule has 0 bridgehead atoms. The van der Waals surface area contributed by atoms with Gasteiger partial charge < -0.3 is 10.0 Å². The number of fused-ring (bicyclic) bond motifs is 1. The van der Waals surface area contributed by atoms with Crippen LogP contribution in [-0.4, -0.2) is 29.4 Å². The van der Waals surface area contributed by atoms with Gasteiger partial charge in [-0.05, 0) is 19.1 Å². The molecule has 0 spiro atoms. The third-order valence-corrected chi connectivity index (χ3v) is 3.80. The molecule has 80 valence electrons. The summed E-state index contributed by atoms with van der Waals surface area (Å²) in [5.41, 5.74) is 1.05. The van der Waals surface area contributed by atoms with Crippen LogP contribution in [0, 0.1) is 0 Å². The van der Waals surface area contributed by atoms with E-state index >= 15 is 0 Å². The predicted molar refractivity (Wildman–Crippen MR) is 61.6 cm³/mol. The van der Waals surface area contributed by atoms with Crippen LogP contribution in [0.15, 0.2) is 29.2 Å². The van der Waals surface area contributed by atoms with E-state index < -0.39 is 5.97 Å². The molecule has 1 aromatic carbocycles. The Hall–Kier alpha value is -1.16. The highest BCUT2D eigenvalue weighted by Crippen LogP contribution is 2.36. The van der Waals surface area contributed by atoms with Gasteiger partial charge in [0.2, 0.25) is 0 Å². The summed E-state index contributed by atoms with van der Waals surface area (Å²) in [5.74, 6) is 0.174. The Labute approximate surface area is 93.1 Å². The van der Waals surface area contributed by atoms with Crippen LogP contribution in [0.25, 0.3) is 0 Å². The first-order valence-electron chi connectivity index (χ1n) is 4.89. The second-order valence-corrected chi connectivity index (χ2v) is 4.71. The number of para-hydroxylation sites is 1. The Morgan fingerprint density at radius 3 is 3.07 bits per heavy atom. The normalized spacial score (nSPS) is 19.8. The van der Waals surface area contributed by atoms with E-state index in [0.29, 0.717) is 0 Å². The van der Waals surface area contributed by atoms with Crippen molar-refractivity contribution in [2.75, 3.05) is 17.2 Å². The number of carbonyl (C=O) groups is 1. The molecular weight excluding hydrogens is 210 g/mol. The maximum Gasteiger partial charge on any atom is 0.323 e. The number of hydrogen-bond donors (Lipinski definition) is 1. The van der Waals surface area contributed by atoms with Crippen LogP contribution >= 0.6 is 11.8 Å². The molecule has 3 nitrogen and oxygen atoms in total. The number of benzene rings is 1. The average molecular weight is 223 g/mol. The zero-order chi connectivity index (χ0) is 10.8. The molecule has 0 amide bonds. The molecule has 0 radical (unpaired) electrons. The van der Waals surface area contributed by atoms with Crippen molar-refractivity contribution in [2.24, 2.45) is 0 Å². The molecule has 4 heteroatoms. The lowest BCUT2D eigenvalue weighted by Crippen LogP contribution is -2.41. The molecule has 0 fully saturated rings. The van der Waals surface area contributed by atoms with E-state index in [2.05, 4.69) is 6.92 Å². The van der Waals surface area contributed by atoms with Gasteiger partial charge in [-0.25, -0.2) is 0 Å². The second kappa shape index (κ2) is 4.14. The van der Waals surface area contributed by atoms with Gasteiger partial charge in [-0.3, -0.25) is 4.79 Å². The second-order valence-electron chi connectivity index (χ2n) is 3.65. The fraction of sp³-hybridized carbons (Fsp3) is 0.364. The van der Waals surface area contributed by atoms with E-state index in [1.807, 2.05) is 29.2 Å². The highest BCUT2D eigenvalue weighted by Gasteiger charge is 2.24. The zero-order valence-electron chi connectivity index (χ0n) is 8.51. The summed E-state index contributed by atoms with van der Waals surface area (Å²) >= 11 is 1.79. The molecule has 1 unspecified atom stereocenters. The number of thioether (sulfide) groups is 1. The number of anilines is 1. The largest absolute Gasteiger partial charge is 0.480 e. The number of nitrogens with zero attached hydrogens (tertiary/aromatic N) is 1. The van der Waals surface area contributed by atoms with E-state index in [4.69, 9.17) is 5.11 Å². The first kappa shape index (κ1) is 10.4. The van der Waals surface area contributed by atoms with E-state index in [-0.39, 0.29) is 12.6 Å². The van der Waals surface area contributed by atoms with Crippen molar-refractivity contribution in [2.45, 2.75) is 17.9 Å². The molecule has 0 saturated heterocycles. The first-order valence-corrected chi connectivity index (χ1v) is 5.87. The van der Waals surface area contributed by atoms with Crippen molar-refractivity contribution < 1.29 is 9.90 Å². The Bertz CT molecular complexity index is 381. The quantitative estimate of drug-likeness (QED) is 0.833. The standard InChI is InChI=1S/C11H13NO2S/c1-8-7-15-10-5-3-2-4-9(10)12(8)6-11(13)14/h2-5,8H,6-7H2,1H3,(H,13,14). The number of rotatable bonds is 2. The fourth-order valence-electron chi connectivity index (χ4n) is 1.74. The minimum atomic E-state index is -0.774. The van der Waals surface area contributed by atoms with E-state index in [1.54, 1.807) is 11.8 Å². The van der Waals surface area contributed by atoms with Gasteiger partial charge in [0.15, 0.2) is 0 Å². The molecule has 1 heterocycles. The molecule has 0 aliphatic carbocycles. The van der Waals surface area contributed by atoms with Crippen molar-refractivity contribution >= 4 is 23.4 Å². The van der Waals surface area contributed by atoms with Crippen molar-refractivity contribution in [3.05, 3.63) is 24.3 Å². The monoisotopic (exact) mass is 223 g/mol. The Balaban J connectivity index is 2.32. The molecular formula is C11H13NO2S. The number of carboxylic acids is 1. The highest BCUT2D eigenvalue weighted by molar-refractivity contribution is 7.99. The fourth-order valence-corrected chi connectivity index (χ4v) is 2.85. The summed E-state index contributed by atoms with van der Waals surface area (Å²) in [7, 11) is 0. The summed E-state index contributed by atoms with van der Waals surface area (Å²) in [4.78, 5) is 13.9. The van der Waals surface area contributed by atoms with Crippen molar-refractivity contribution in [3.63, 3.8) is 0 Å². The van der Waals surface area contributed by atoms with Crippen molar-refractivity contribution in [1.29, 1.82) is 0 Å². The van der Waals surface area contributed by atoms with Crippen LogP contribution in [0.5, 0.6) is 0 Å². The maximum absolute atomic E-state index is 10.8. The van der Waals surface area contributed by atoms with Gasteiger partial charge in [-0.15, -0.1) is 11.8 Å². The third-order valence-electron chi connectivity index (χ3n) is 2.49. The lowest BCUT2D eigenvalue weighted by molar-refractivity contribution is -0.135. The minimum Gasteiger partial charge on any atom is -0.480 e. The van der Waals surface area contributed by atoms with Crippen LogP contribution in [-0.2, 0) is 4.79 Å². The smallest absolute Gasteiger partial charge is 0.323 e. The van der Waals surface area contributed by atoms with E-state index in [9.17, 15) is 4.79 Å². The lowest BCUT2D eigenvalue weighted by atomic mass is 10.2. The topological polar surface area (TPSA) is 40.5 Å². The molecule has 2 rings (SSSR count). The predicted octanol–water partition coefficient (Wildman–Crippen LogP) is 2.07. The molecule has 15 heavy (non-hydrogen) atoms. The summed E-state index contributed by atoms with van der Waals surface area (Å²) in [6.45, 7) is 2.14. The number of carboxylic acid groups (broad SMARTS) is 1. The average Bonchev–Trinajstić information content (AvgIpc) is 2.22. The van der Waals surface area contributed by atoms with Crippen LogP contribution < -0.4 is 4.90 Å². The lowest BCUT2D eigenvalue weighted by Gasteiger charge is -2.35. The van der Waals surface area contributed by atoms with Gasteiger partial charge in [0.25, 0.3) is 0 Å². The van der Waals surface area contributed by atoms with Gasteiger partial charge in [-0.1, -0.05) is 12.1 Å². The molecule has 1 aliphatic heterocycles. The van der Waals surface area contributed by atoms with Crippen LogP contribution in [0.2, 0.25) is 0 Å². The van der Waals surface area contributed by atoms with Gasteiger partial charge >= 0.3 is 5.97 Å². The third kappa shape index (κ3) is 2.09. The summed E-state index contributed by atoms with van der Waals surface area (Å²) < 4.78 is 0. The Morgan fingerprint density at radius 1 is 1.60 bits per heavy atom. The highest BCUT2D eigenvalue weighted by atomic mass is 32.2. The molecule has 1 N–H and O–H groups in total. The summed E-state index contributed by atoms with van der Waals surface area (Å²) in [5, 5.41) is 8.86. The maximum atomic E-state index is 10.8. The van der Waals surface area contributed by atoms with E-state index in [0.717, 1.165) is 11.4 Å². The zero-order valence-corrected chi connectivity index (χ0v) is 9.33. The summed E-state index contributed by atoms with van der Waals surface area (Å²) in [6.07, 6.45) is 0. The number of aliphatic carboxylic acids is 1. The van der Waals surface area contributed by atoms with Crippen LogP contribution in [0.3, 0.4) is 0 Å².